The van der Waals surface area contributed by atoms with Crippen molar-refractivity contribution in [2.24, 2.45) is 12.2 Å². The number of halogens is 4. The fourth-order valence-electron chi connectivity index (χ4n) is 3.57. The molecule has 34 heavy (non-hydrogen) atoms. The van der Waals surface area contributed by atoms with Crippen LogP contribution in [0.3, 0.4) is 0 Å². The molecule has 0 saturated carbocycles. The predicted octanol–water partition coefficient (Wildman–Crippen LogP) is 2.74. The lowest BCUT2D eigenvalue weighted by Gasteiger charge is -2.15. The van der Waals surface area contributed by atoms with Gasteiger partial charge in [-0.15, -0.1) is 10.2 Å². The van der Waals surface area contributed by atoms with E-state index < -0.39 is 43.9 Å². The Morgan fingerprint density at radius 3 is 2.47 bits per heavy atom. The summed E-state index contributed by atoms with van der Waals surface area (Å²) in [5.74, 6) is -7.21. The average Bonchev–Trinajstić information content (AvgIpc) is 3.36. The molecular weight excluding hydrogens is 478 g/mol. The molecule has 0 atom stereocenters. The number of hydrogen-bond donors (Lipinski definition) is 1. The Bertz CT molecular complexity index is 1710. The number of alkyl halides is 2. The summed E-state index contributed by atoms with van der Waals surface area (Å²) in [5, 5.41) is 20.1. The first-order chi connectivity index (χ1) is 16.0. The van der Waals surface area contributed by atoms with Crippen LogP contribution in [0.25, 0.3) is 27.8 Å². The molecule has 5 rings (SSSR count). The summed E-state index contributed by atoms with van der Waals surface area (Å²) in [7, 11) is -2.76. The molecule has 0 bridgehead atoms. The quantitative estimate of drug-likeness (QED) is 0.386. The van der Waals surface area contributed by atoms with Gasteiger partial charge in [0.05, 0.1) is 22.2 Å². The Balaban J connectivity index is 1.64. The third-order valence-electron chi connectivity index (χ3n) is 5.15. The zero-order valence-corrected chi connectivity index (χ0v) is 17.9. The average molecular weight is 491 g/mol. The van der Waals surface area contributed by atoms with Gasteiger partial charge < -0.3 is 0 Å². The van der Waals surface area contributed by atoms with Crippen LogP contribution in [-0.4, -0.2) is 38.0 Å². The van der Waals surface area contributed by atoms with Crippen molar-refractivity contribution in [2.75, 3.05) is 0 Å². The zero-order chi connectivity index (χ0) is 24.4. The molecule has 0 amide bonds. The molecule has 5 aromatic rings. The molecule has 2 N–H and O–H groups in total. The minimum absolute atomic E-state index is 0.00685. The minimum atomic E-state index is -4.29. The van der Waals surface area contributed by atoms with Gasteiger partial charge in [0.2, 0.25) is 15.8 Å². The van der Waals surface area contributed by atoms with E-state index in [1.165, 1.54) is 42.2 Å². The minimum Gasteiger partial charge on any atom is -0.274 e. The van der Waals surface area contributed by atoms with Crippen molar-refractivity contribution in [1.82, 2.24) is 29.6 Å². The fourth-order valence-corrected chi connectivity index (χ4v) is 4.16. The molecule has 0 radical (unpaired) electrons. The van der Waals surface area contributed by atoms with Crippen LogP contribution in [0.15, 0.2) is 53.6 Å². The lowest BCUT2D eigenvalue weighted by atomic mass is 10.0. The number of fused-ring (bicyclic) bond motifs is 2. The van der Waals surface area contributed by atoms with Gasteiger partial charge in [-0.1, -0.05) is 6.07 Å². The van der Waals surface area contributed by atoms with Crippen LogP contribution >= 0.6 is 0 Å². The molecule has 3 heterocycles. The van der Waals surface area contributed by atoms with Gasteiger partial charge in [-0.3, -0.25) is 4.68 Å². The topological polar surface area (TPSA) is 121 Å². The van der Waals surface area contributed by atoms with Crippen molar-refractivity contribution in [3.05, 3.63) is 71.7 Å². The Kier molecular flexibility index (Phi) is 4.70. The van der Waals surface area contributed by atoms with E-state index in [1.54, 1.807) is 0 Å². The van der Waals surface area contributed by atoms with E-state index in [0.717, 1.165) is 18.2 Å². The molecule has 0 spiro atoms. The van der Waals surface area contributed by atoms with Crippen LogP contribution in [0.4, 0.5) is 17.6 Å². The smallest absolute Gasteiger partial charge is 0.274 e. The molecule has 0 saturated heterocycles. The van der Waals surface area contributed by atoms with Crippen molar-refractivity contribution >= 4 is 26.6 Å². The number of aromatic nitrogens is 6. The van der Waals surface area contributed by atoms with E-state index >= 15 is 8.78 Å². The van der Waals surface area contributed by atoms with Crippen LogP contribution in [0.5, 0.6) is 0 Å². The summed E-state index contributed by atoms with van der Waals surface area (Å²) < 4.78 is 85.0. The Morgan fingerprint density at radius 2 is 1.76 bits per heavy atom. The highest BCUT2D eigenvalue weighted by Crippen LogP contribution is 2.38. The highest BCUT2D eigenvalue weighted by molar-refractivity contribution is 7.89. The van der Waals surface area contributed by atoms with E-state index in [9.17, 15) is 17.2 Å². The molecular formula is C20H13F4N7O2S. The molecule has 3 aromatic heterocycles. The van der Waals surface area contributed by atoms with Gasteiger partial charge >= 0.3 is 5.92 Å². The molecule has 174 valence electrons. The van der Waals surface area contributed by atoms with E-state index in [2.05, 4.69) is 20.4 Å². The third-order valence-corrected chi connectivity index (χ3v) is 6.10. The van der Waals surface area contributed by atoms with Gasteiger partial charge in [-0.2, -0.15) is 23.5 Å². The number of primary sulfonamides is 1. The third kappa shape index (κ3) is 3.38. The summed E-state index contributed by atoms with van der Waals surface area (Å²) in [5.41, 5.74) is -0.720. The van der Waals surface area contributed by atoms with Crippen LogP contribution in [-0.2, 0) is 23.0 Å². The van der Waals surface area contributed by atoms with E-state index in [0.29, 0.717) is 4.52 Å². The second-order valence-electron chi connectivity index (χ2n) is 7.44. The Morgan fingerprint density at radius 1 is 1.00 bits per heavy atom. The maximum absolute atomic E-state index is 15.5. The first kappa shape index (κ1) is 21.9. The summed E-state index contributed by atoms with van der Waals surface area (Å²) >= 11 is 0. The van der Waals surface area contributed by atoms with Gasteiger partial charge in [0.15, 0.2) is 5.65 Å². The number of benzene rings is 2. The fraction of sp³-hybridized carbons (Fsp3) is 0.100. The number of rotatable bonds is 4. The second kappa shape index (κ2) is 7.30. The molecule has 0 aliphatic rings. The van der Waals surface area contributed by atoms with Gasteiger partial charge in [-0.25, -0.2) is 22.3 Å². The molecule has 0 aliphatic carbocycles. The number of nitrogens with two attached hydrogens (primary N) is 1. The first-order valence-corrected chi connectivity index (χ1v) is 11.1. The maximum Gasteiger partial charge on any atom is 0.336 e. The first-order valence-electron chi connectivity index (χ1n) is 9.52. The molecule has 0 unspecified atom stereocenters. The Hall–Kier alpha value is -3.91. The second-order valence-corrected chi connectivity index (χ2v) is 8.97. The van der Waals surface area contributed by atoms with Crippen molar-refractivity contribution < 1.29 is 26.0 Å². The van der Waals surface area contributed by atoms with Gasteiger partial charge in [0.25, 0.3) is 0 Å². The van der Waals surface area contributed by atoms with Gasteiger partial charge in [0.1, 0.15) is 16.5 Å². The molecule has 14 heteroatoms. The number of sulfonamides is 1. The highest BCUT2D eigenvalue weighted by atomic mass is 32.2. The highest BCUT2D eigenvalue weighted by Gasteiger charge is 2.43. The van der Waals surface area contributed by atoms with Crippen molar-refractivity contribution in [2.45, 2.75) is 10.8 Å². The summed E-state index contributed by atoms with van der Waals surface area (Å²) in [6, 6.07) is 7.85. The number of aryl methyl sites for hydroxylation is 1. The molecule has 0 aliphatic heterocycles. The Labute approximate surface area is 188 Å². The predicted molar refractivity (Wildman–Crippen MR) is 111 cm³/mol. The lowest BCUT2D eigenvalue weighted by molar-refractivity contribution is 0.0271. The van der Waals surface area contributed by atoms with Gasteiger partial charge in [-0.05, 0) is 36.4 Å². The van der Waals surface area contributed by atoms with Crippen LogP contribution < -0.4 is 5.14 Å². The summed E-state index contributed by atoms with van der Waals surface area (Å²) in [4.78, 5) is -0.727. The van der Waals surface area contributed by atoms with E-state index in [1.807, 2.05) is 0 Å². The van der Waals surface area contributed by atoms with Crippen LogP contribution in [0, 0.1) is 11.6 Å². The molecule has 2 aromatic carbocycles. The number of nitrogens with zero attached hydrogens (tertiary/aromatic N) is 6. The van der Waals surface area contributed by atoms with E-state index in [4.69, 9.17) is 5.14 Å². The molecule has 0 fully saturated rings. The summed E-state index contributed by atoms with van der Waals surface area (Å²) in [6.45, 7) is 0. The normalized spacial score (nSPS) is 12.6. The van der Waals surface area contributed by atoms with Crippen molar-refractivity contribution in [1.29, 1.82) is 0 Å². The largest absolute Gasteiger partial charge is 0.336 e. The number of hydrogen-bond acceptors (Lipinski definition) is 6. The zero-order valence-electron chi connectivity index (χ0n) is 17.1. The van der Waals surface area contributed by atoms with Crippen LogP contribution in [0.1, 0.15) is 11.4 Å². The maximum atomic E-state index is 15.5. The van der Waals surface area contributed by atoms with Crippen LogP contribution in [0.2, 0.25) is 0 Å². The lowest BCUT2D eigenvalue weighted by Crippen LogP contribution is -2.22. The molecule has 9 nitrogen and oxygen atoms in total. The SMILES string of the molecule is Cn1cc2c(F)c(C(F)(F)c3nnc4ccc(-c5ccc(S(N)(=O)=O)c(F)c5)nn34)ccc2n1. The monoisotopic (exact) mass is 491 g/mol. The van der Waals surface area contributed by atoms with Gasteiger partial charge in [0, 0.05) is 18.8 Å². The standard InChI is InChI=1S/C20H13F4N7O2S/c1-30-9-11-15(28-30)4-3-12(18(11)22)20(23,24)19-27-26-17-7-5-14(29-31(17)19)10-2-6-16(13(21)8-10)34(25,32)33/h2-9H,1H3,(H2,25,32,33). The summed E-state index contributed by atoms with van der Waals surface area (Å²) in [6.07, 6.45) is 1.28. The van der Waals surface area contributed by atoms with Crippen molar-refractivity contribution in [3.8, 4) is 11.3 Å². The van der Waals surface area contributed by atoms with Crippen molar-refractivity contribution in [3.63, 3.8) is 0 Å². The van der Waals surface area contributed by atoms with E-state index in [-0.39, 0.29) is 27.8 Å².